The molecule has 0 spiro atoms. The van der Waals surface area contributed by atoms with Gasteiger partial charge in [-0.2, -0.15) is 0 Å². The summed E-state index contributed by atoms with van der Waals surface area (Å²) >= 11 is 6.37. The van der Waals surface area contributed by atoms with Crippen LogP contribution in [0, 0.1) is 0 Å². The van der Waals surface area contributed by atoms with Crippen molar-refractivity contribution in [2.24, 2.45) is 5.73 Å². The number of rotatable bonds is 10. The van der Waals surface area contributed by atoms with Gasteiger partial charge < -0.3 is 21.3 Å². The van der Waals surface area contributed by atoms with Gasteiger partial charge in [-0.3, -0.25) is 31.5 Å². The van der Waals surface area contributed by atoms with E-state index < -0.39 is 30.2 Å². The number of alkyl halides is 1. The fourth-order valence-corrected chi connectivity index (χ4v) is 5.41. The molecular formula is C21H41ClN8O2. The van der Waals surface area contributed by atoms with E-state index in [2.05, 4.69) is 62.8 Å². The van der Waals surface area contributed by atoms with Gasteiger partial charge in [-0.25, -0.2) is 0 Å². The maximum absolute atomic E-state index is 10.9. The largest absolute Gasteiger partial charge is 0.377 e. The van der Waals surface area contributed by atoms with Crippen LogP contribution in [-0.2, 0) is 0 Å². The molecule has 0 aromatic carbocycles. The van der Waals surface area contributed by atoms with Crippen molar-refractivity contribution in [1.29, 1.82) is 0 Å². The zero-order valence-electron chi connectivity index (χ0n) is 19.5. The molecule has 0 radical (unpaired) electrons. The molecule has 3 rings (SSSR count). The van der Waals surface area contributed by atoms with Gasteiger partial charge in [0.05, 0.1) is 24.0 Å². The van der Waals surface area contributed by atoms with E-state index in [0.29, 0.717) is 13.1 Å². The number of nitrogens with one attached hydrogen (secondary N) is 6. The molecule has 2 heterocycles. The summed E-state index contributed by atoms with van der Waals surface area (Å²) in [5.41, 5.74) is 6.35. The van der Waals surface area contributed by atoms with Crippen molar-refractivity contribution in [2.45, 2.75) is 81.3 Å². The maximum Gasteiger partial charge on any atom is 0.130 e. The van der Waals surface area contributed by atoms with Crippen molar-refractivity contribution in [3.8, 4) is 0 Å². The first-order chi connectivity index (χ1) is 15.3. The third kappa shape index (κ3) is 5.21. The Hall–Kier alpha value is -0.630. The zero-order valence-corrected chi connectivity index (χ0v) is 20.2. The molecule has 2 fully saturated rings. The lowest BCUT2D eigenvalue weighted by Crippen LogP contribution is -2.75. The second kappa shape index (κ2) is 11.2. The predicted molar refractivity (Wildman–Crippen MR) is 128 cm³/mol. The molecule has 10 N–H and O–H groups in total. The number of aliphatic hydroxyl groups is 2. The van der Waals surface area contributed by atoms with Crippen LogP contribution in [0.25, 0.3) is 0 Å². The van der Waals surface area contributed by atoms with Crippen LogP contribution in [0.5, 0.6) is 0 Å². The van der Waals surface area contributed by atoms with Crippen LogP contribution in [0.1, 0.15) is 27.2 Å². The van der Waals surface area contributed by atoms with Gasteiger partial charge in [-0.05, 0) is 32.1 Å². The lowest BCUT2D eigenvalue weighted by Gasteiger charge is -2.43. The van der Waals surface area contributed by atoms with Crippen molar-refractivity contribution in [3.63, 3.8) is 0 Å². The highest BCUT2D eigenvalue weighted by Gasteiger charge is 2.49. The highest BCUT2D eigenvalue weighted by molar-refractivity contribution is 6.20. The van der Waals surface area contributed by atoms with E-state index in [-0.39, 0.29) is 23.9 Å². The Morgan fingerprint density at radius 1 is 1.25 bits per heavy atom. The van der Waals surface area contributed by atoms with Crippen molar-refractivity contribution >= 4 is 11.6 Å². The van der Waals surface area contributed by atoms with Crippen molar-refractivity contribution < 1.29 is 10.2 Å². The first kappa shape index (κ1) is 26.0. The average Bonchev–Trinajstić information content (AvgIpc) is 3.11. The molecule has 1 aliphatic carbocycles. The molecule has 0 bridgehead atoms. The van der Waals surface area contributed by atoms with Gasteiger partial charge in [0.2, 0.25) is 0 Å². The topological polar surface area (TPSA) is 142 Å². The summed E-state index contributed by atoms with van der Waals surface area (Å²) < 4.78 is 0. The van der Waals surface area contributed by atoms with Crippen LogP contribution in [-0.4, -0.2) is 95.9 Å². The number of nitrogens with two attached hydrogens (primary N) is 1. The Labute approximate surface area is 196 Å². The van der Waals surface area contributed by atoms with Crippen LogP contribution in [0.3, 0.4) is 0 Å². The molecule has 10 nitrogen and oxygen atoms in total. The summed E-state index contributed by atoms with van der Waals surface area (Å²) in [6, 6.07) is -0.198. The lowest BCUT2D eigenvalue weighted by atomic mass is 9.97. The molecule has 0 aromatic rings. The van der Waals surface area contributed by atoms with Crippen molar-refractivity contribution in [2.75, 3.05) is 26.7 Å². The Morgan fingerprint density at radius 3 is 2.62 bits per heavy atom. The highest BCUT2D eigenvalue weighted by atomic mass is 35.5. The first-order valence-electron chi connectivity index (χ1n) is 11.7. The van der Waals surface area contributed by atoms with E-state index in [1.165, 1.54) is 0 Å². The van der Waals surface area contributed by atoms with Gasteiger partial charge in [0, 0.05) is 18.6 Å². The number of nitrogens with zero attached hydrogens (tertiary/aromatic N) is 1. The molecule has 184 valence electrons. The first-order valence-corrected chi connectivity index (χ1v) is 12.1. The molecule has 0 amide bonds. The Bertz CT molecular complexity index is 682. The van der Waals surface area contributed by atoms with Gasteiger partial charge in [0.15, 0.2) is 0 Å². The van der Waals surface area contributed by atoms with E-state index in [4.69, 9.17) is 17.3 Å². The van der Waals surface area contributed by atoms with Gasteiger partial charge in [0.25, 0.3) is 0 Å². The normalized spacial score (nSPS) is 39.6. The van der Waals surface area contributed by atoms with E-state index in [0.717, 1.165) is 18.5 Å². The molecule has 9 atom stereocenters. The standard InChI is InChI=1S/C21H41ClN8O2/c1-5-21(11-26-20(32)15-17(23)28-18(24-4)16(22)27-15)29-13-9-8-12(19(31)25-6-2)10-14(13)30(21)7-3/h8-10,13-20,24-29,31-32H,5-7,11,23H2,1-4H3. The highest BCUT2D eigenvalue weighted by Crippen LogP contribution is 2.33. The summed E-state index contributed by atoms with van der Waals surface area (Å²) in [5, 5.41) is 40.8. The minimum Gasteiger partial charge on any atom is -0.377 e. The Balaban J connectivity index is 1.69. The predicted octanol–water partition coefficient (Wildman–Crippen LogP) is -1.96. The number of likely N-dealkylation sites (N-methyl/N-ethyl adjacent to an activating group) is 3. The van der Waals surface area contributed by atoms with Crippen molar-refractivity contribution in [3.05, 3.63) is 23.8 Å². The van der Waals surface area contributed by atoms with E-state index >= 15 is 0 Å². The minimum absolute atomic E-state index is 0.118. The fourth-order valence-electron chi connectivity index (χ4n) is 5.07. The maximum atomic E-state index is 10.9. The monoisotopic (exact) mass is 472 g/mol. The molecule has 2 aliphatic heterocycles. The van der Waals surface area contributed by atoms with Crippen LogP contribution >= 0.6 is 11.6 Å². The van der Waals surface area contributed by atoms with E-state index in [1.807, 2.05) is 13.0 Å². The van der Waals surface area contributed by atoms with Gasteiger partial charge in [0.1, 0.15) is 18.0 Å². The molecule has 0 saturated carbocycles. The second-order valence-electron chi connectivity index (χ2n) is 8.70. The van der Waals surface area contributed by atoms with Gasteiger partial charge in [-0.1, -0.05) is 39.0 Å². The number of halogens is 1. The van der Waals surface area contributed by atoms with Crippen LogP contribution in [0.2, 0.25) is 0 Å². The quantitative estimate of drug-likeness (QED) is 0.0999. The minimum atomic E-state index is -0.889. The summed E-state index contributed by atoms with van der Waals surface area (Å²) in [7, 11) is 1.80. The lowest BCUT2D eigenvalue weighted by molar-refractivity contribution is 0.0272. The summed E-state index contributed by atoms with van der Waals surface area (Å²) in [5.74, 6) is 0. The molecule has 9 unspecified atom stereocenters. The average molecular weight is 473 g/mol. The van der Waals surface area contributed by atoms with Gasteiger partial charge >= 0.3 is 0 Å². The van der Waals surface area contributed by atoms with Crippen LogP contribution < -0.4 is 37.6 Å². The molecule has 0 aromatic heterocycles. The zero-order chi connectivity index (χ0) is 23.5. The molecule has 2 saturated heterocycles. The summed E-state index contributed by atoms with van der Waals surface area (Å²) in [6.07, 6.45) is 4.87. The summed E-state index contributed by atoms with van der Waals surface area (Å²) in [6.45, 7) is 8.29. The number of fused-ring (bicyclic) bond motifs is 1. The number of piperazine rings is 1. The fraction of sp³-hybridized carbons (Fsp3) is 0.810. The van der Waals surface area contributed by atoms with Crippen LogP contribution in [0.4, 0.5) is 0 Å². The van der Waals surface area contributed by atoms with Crippen LogP contribution in [0.15, 0.2) is 23.8 Å². The number of hydrogen-bond donors (Lipinski definition) is 9. The third-order valence-corrected chi connectivity index (χ3v) is 7.25. The molecule has 11 heteroatoms. The van der Waals surface area contributed by atoms with Gasteiger partial charge in [-0.15, -0.1) is 11.6 Å². The van der Waals surface area contributed by atoms with E-state index in [9.17, 15) is 10.2 Å². The number of hydrogen-bond acceptors (Lipinski definition) is 10. The Morgan fingerprint density at radius 2 is 2.00 bits per heavy atom. The van der Waals surface area contributed by atoms with E-state index in [1.54, 1.807) is 7.05 Å². The molecular weight excluding hydrogens is 432 g/mol. The van der Waals surface area contributed by atoms with Crippen molar-refractivity contribution in [1.82, 2.24) is 36.8 Å². The molecule has 32 heavy (non-hydrogen) atoms. The second-order valence-corrected chi connectivity index (χ2v) is 9.17. The SMILES string of the molecule is CCNC(O)C1=CC2C(C=C1)NC(CC)(CNC(O)C1NC(Cl)C(NC)NC1N)N2CC. The summed E-state index contributed by atoms with van der Waals surface area (Å²) in [4.78, 5) is 2.40. The number of aliphatic hydroxyl groups excluding tert-OH is 2. The third-order valence-electron chi connectivity index (χ3n) is 6.87. The smallest absolute Gasteiger partial charge is 0.130 e. The molecule has 3 aliphatic rings. The Kier molecular flexibility index (Phi) is 9.09.